The van der Waals surface area contributed by atoms with Crippen molar-refractivity contribution in [2.45, 2.75) is 26.7 Å². The molecule has 0 unspecified atom stereocenters. The van der Waals surface area contributed by atoms with Gasteiger partial charge in [0.05, 0.1) is 7.11 Å². The summed E-state index contributed by atoms with van der Waals surface area (Å²) in [5, 5.41) is 3.02. The molecule has 1 saturated heterocycles. The van der Waals surface area contributed by atoms with Gasteiger partial charge in [-0.25, -0.2) is 14.8 Å². The second kappa shape index (κ2) is 8.91. The van der Waals surface area contributed by atoms with E-state index in [1.807, 2.05) is 30.1 Å². The average Bonchev–Trinajstić information content (AvgIpc) is 2.71. The number of carbonyl (C=O) groups is 1. The fraction of sp³-hybridized carbons (Fsp3) is 0.476. The molecule has 150 valence electrons. The van der Waals surface area contributed by atoms with Crippen molar-refractivity contribution < 1.29 is 9.53 Å². The van der Waals surface area contributed by atoms with E-state index in [2.05, 4.69) is 34.0 Å². The highest BCUT2D eigenvalue weighted by Gasteiger charge is 2.25. The molecule has 1 fully saturated rings. The Morgan fingerprint density at radius 1 is 1.21 bits per heavy atom. The highest BCUT2D eigenvalue weighted by atomic mass is 16.5. The minimum absolute atomic E-state index is 0.0225. The van der Waals surface area contributed by atoms with E-state index in [0.717, 1.165) is 44.0 Å². The lowest BCUT2D eigenvalue weighted by molar-refractivity contribution is 0.184. The molecule has 28 heavy (non-hydrogen) atoms. The Morgan fingerprint density at radius 2 is 1.93 bits per heavy atom. The smallest absolute Gasteiger partial charge is 0.321 e. The number of rotatable bonds is 5. The number of piperidine rings is 1. The highest BCUT2D eigenvalue weighted by molar-refractivity contribution is 5.89. The molecule has 7 nitrogen and oxygen atoms in total. The number of aryl methyl sites for hydroxylation is 2. The van der Waals surface area contributed by atoms with Gasteiger partial charge in [-0.15, -0.1) is 0 Å². The predicted octanol–water partition coefficient (Wildman–Crippen LogP) is 3.48. The molecule has 1 aromatic carbocycles. The van der Waals surface area contributed by atoms with Crippen molar-refractivity contribution in [2.24, 2.45) is 5.92 Å². The van der Waals surface area contributed by atoms with Gasteiger partial charge in [-0.05, 0) is 55.9 Å². The Morgan fingerprint density at radius 3 is 2.61 bits per heavy atom. The number of likely N-dealkylation sites (tertiary alicyclic amines) is 1. The number of hydrogen-bond donors (Lipinski definition) is 1. The Hall–Kier alpha value is -2.83. The van der Waals surface area contributed by atoms with Crippen LogP contribution in [0.1, 0.15) is 24.0 Å². The van der Waals surface area contributed by atoms with Gasteiger partial charge in [-0.3, -0.25) is 0 Å². The van der Waals surface area contributed by atoms with Crippen molar-refractivity contribution in [1.82, 2.24) is 14.9 Å². The molecule has 1 aromatic heterocycles. The van der Waals surface area contributed by atoms with Crippen molar-refractivity contribution >= 4 is 17.5 Å². The van der Waals surface area contributed by atoms with Crippen LogP contribution in [0.4, 0.5) is 16.3 Å². The maximum atomic E-state index is 12.6. The van der Waals surface area contributed by atoms with Crippen LogP contribution in [0, 0.1) is 19.8 Å². The second-order valence-electron chi connectivity index (χ2n) is 7.43. The van der Waals surface area contributed by atoms with Gasteiger partial charge in [0.15, 0.2) is 5.82 Å². The number of benzene rings is 1. The van der Waals surface area contributed by atoms with Crippen molar-refractivity contribution in [3.8, 4) is 5.88 Å². The fourth-order valence-corrected chi connectivity index (χ4v) is 3.54. The molecule has 0 radical (unpaired) electrons. The Kier molecular flexibility index (Phi) is 6.34. The number of carbonyl (C=O) groups excluding carboxylic acids is 1. The third-order valence-corrected chi connectivity index (χ3v) is 5.39. The van der Waals surface area contributed by atoms with Crippen LogP contribution in [0.5, 0.6) is 5.88 Å². The van der Waals surface area contributed by atoms with E-state index in [1.54, 1.807) is 19.5 Å². The van der Waals surface area contributed by atoms with Crippen LogP contribution in [-0.4, -0.2) is 54.7 Å². The number of amides is 2. The average molecular weight is 383 g/mol. The Labute approximate surface area is 166 Å². The van der Waals surface area contributed by atoms with Crippen LogP contribution >= 0.6 is 0 Å². The second-order valence-corrected chi connectivity index (χ2v) is 7.43. The van der Waals surface area contributed by atoms with Crippen molar-refractivity contribution in [3.63, 3.8) is 0 Å². The summed E-state index contributed by atoms with van der Waals surface area (Å²) < 4.78 is 5.30. The zero-order valence-electron chi connectivity index (χ0n) is 17.1. The third-order valence-electron chi connectivity index (χ3n) is 5.39. The third kappa shape index (κ3) is 4.71. The van der Waals surface area contributed by atoms with Crippen LogP contribution in [0.15, 0.2) is 30.6 Å². The molecule has 2 heterocycles. The molecule has 7 heteroatoms. The topological polar surface area (TPSA) is 70.6 Å². The quantitative estimate of drug-likeness (QED) is 0.856. The Balaban J connectivity index is 1.51. The monoisotopic (exact) mass is 383 g/mol. The van der Waals surface area contributed by atoms with Gasteiger partial charge < -0.3 is 19.9 Å². The summed E-state index contributed by atoms with van der Waals surface area (Å²) in [6, 6.07) is 5.98. The number of anilines is 2. The number of hydrogen-bond acceptors (Lipinski definition) is 5. The summed E-state index contributed by atoms with van der Waals surface area (Å²) in [6.07, 6.45) is 5.23. The minimum atomic E-state index is -0.0225. The highest BCUT2D eigenvalue weighted by Crippen LogP contribution is 2.25. The van der Waals surface area contributed by atoms with E-state index in [9.17, 15) is 4.79 Å². The molecule has 2 aromatic rings. The summed E-state index contributed by atoms with van der Waals surface area (Å²) in [5.41, 5.74) is 3.26. The molecule has 0 spiro atoms. The number of aromatic nitrogens is 2. The molecule has 0 atom stereocenters. The molecule has 3 rings (SSSR count). The van der Waals surface area contributed by atoms with Gasteiger partial charge >= 0.3 is 6.03 Å². The number of nitrogens with zero attached hydrogens (tertiary/aromatic N) is 4. The van der Waals surface area contributed by atoms with Crippen molar-refractivity contribution in [3.05, 3.63) is 41.7 Å². The van der Waals surface area contributed by atoms with Gasteiger partial charge in [0, 0.05) is 44.8 Å². The molecule has 0 aliphatic carbocycles. The van der Waals surface area contributed by atoms with Crippen LogP contribution in [0.3, 0.4) is 0 Å². The van der Waals surface area contributed by atoms with E-state index in [0.29, 0.717) is 11.8 Å². The maximum Gasteiger partial charge on any atom is 0.321 e. The fourth-order valence-electron chi connectivity index (χ4n) is 3.54. The first kappa shape index (κ1) is 19.9. The molecule has 1 aliphatic rings. The Bertz CT molecular complexity index is 818. The molecule has 1 aliphatic heterocycles. The van der Waals surface area contributed by atoms with E-state index >= 15 is 0 Å². The van der Waals surface area contributed by atoms with Gasteiger partial charge in [0.25, 0.3) is 5.88 Å². The first-order chi connectivity index (χ1) is 13.5. The number of nitrogens with one attached hydrogen (secondary N) is 1. The molecule has 1 N–H and O–H groups in total. The van der Waals surface area contributed by atoms with Gasteiger partial charge in [-0.2, -0.15) is 0 Å². The number of methoxy groups -OCH3 is 1. The predicted molar refractivity (Wildman–Crippen MR) is 111 cm³/mol. The minimum Gasteiger partial charge on any atom is -0.478 e. The standard InChI is InChI=1S/C21H29N5O2/c1-15-5-6-18(13-16(15)2)24-21(27)26-11-7-17(8-12-26)14-25(3)19-20(28-4)23-10-9-22-19/h5-6,9-10,13,17H,7-8,11-12,14H2,1-4H3,(H,24,27). The van der Waals surface area contributed by atoms with E-state index in [1.165, 1.54) is 11.1 Å². The first-order valence-corrected chi connectivity index (χ1v) is 9.67. The summed E-state index contributed by atoms with van der Waals surface area (Å²) in [5.74, 6) is 1.79. The van der Waals surface area contributed by atoms with Gasteiger partial charge in [-0.1, -0.05) is 6.07 Å². The van der Waals surface area contributed by atoms with Crippen molar-refractivity contribution in [2.75, 3.05) is 44.0 Å². The van der Waals surface area contributed by atoms with Crippen molar-refractivity contribution in [1.29, 1.82) is 0 Å². The number of urea groups is 1. The zero-order valence-corrected chi connectivity index (χ0v) is 17.1. The maximum absolute atomic E-state index is 12.6. The molecular formula is C21H29N5O2. The van der Waals surface area contributed by atoms with Crippen LogP contribution < -0.4 is 15.0 Å². The largest absolute Gasteiger partial charge is 0.478 e. The lowest BCUT2D eigenvalue weighted by Crippen LogP contribution is -2.43. The molecule has 0 bridgehead atoms. The van der Waals surface area contributed by atoms with E-state index in [-0.39, 0.29) is 6.03 Å². The van der Waals surface area contributed by atoms with Crippen LogP contribution in [0.25, 0.3) is 0 Å². The normalized spacial score (nSPS) is 14.6. The van der Waals surface area contributed by atoms with E-state index < -0.39 is 0 Å². The summed E-state index contributed by atoms with van der Waals surface area (Å²) in [6.45, 7) is 6.50. The summed E-state index contributed by atoms with van der Waals surface area (Å²) >= 11 is 0. The zero-order chi connectivity index (χ0) is 20.1. The lowest BCUT2D eigenvalue weighted by atomic mass is 9.96. The van der Waals surface area contributed by atoms with Crippen LogP contribution in [0.2, 0.25) is 0 Å². The number of ether oxygens (including phenoxy) is 1. The lowest BCUT2D eigenvalue weighted by Gasteiger charge is -2.34. The molecular weight excluding hydrogens is 354 g/mol. The summed E-state index contributed by atoms with van der Waals surface area (Å²) in [7, 11) is 3.61. The molecule has 2 amide bonds. The molecule has 0 saturated carbocycles. The first-order valence-electron chi connectivity index (χ1n) is 9.67. The van der Waals surface area contributed by atoms with E-state index in [4.69, 9.17) is 4.74 Å². The SMILES string of the molecule is COc1nccnc1N(C)CC1CCN(C(=O)Nc2ccc(C)c(C)c2)CC1. The van der Waals surface area contributed by atoms with Crippen LogP contribution in [-0.2, 0) is 0 Å². The van der Waals surface area contributed by atoms with Gasteiger partial charge in [0.1, 0.15) is 0 Å². The van der Waals surface area contributed by atoms with Gasteiger partial charge in [0.2, 0.25) is 0 Å². The summed E-state index contributed by atoms with van der Waals surface area (Å²) in [4.78, 5) is 25.1.